The summed E-state index contributed by atoms with van der Waals surface area (Å²) in [5, 5.41) is 2.53. The zero-order valence-electron chi connectivity index (χ0n) is 15.8. The third-order valence-corrected chi connectivity index (χ3v) is 4.39. The third-order valence-electron chi connectivity index (χ3n) is 4.39. The van der Waals surface area contributed by atoms with Crippen molar-refractivity contribution in [1.82, 2.24) is 0 Å². The van der Waals surface area contributed by atoms with Gasteiger partial charge in [0.05, 0.1) is 5.56 Å². The molecule has 2 N–H and O–H groups in total. The zero-order valence-corrected chi connectivity index (χ0v) is 15.8. The fourth-order valence-electron chi connectivity index (χ4n) is 2.93. The van der Waals surface area contributed by atoms with E-state index in [-0.39, 0.29) is 6.04 Å². The highest BCUT2D eigenvalue weighted by atomic mass is 19.4. The largest absolute Gasteiger partial charge is 0.416 e. The number of unbranched alkanes of at least 4 members (excludes halogenated alkanes) is 1. The van der Waals surface area contributed by atoms with Gasteiger partial charge < -0.3 is 5.73 Å². The summed E-state index contributed by atoms with van der Waals surface area (Å²) in [5.74, 6) is 0. The molecule has 3 aromatic rings. The molecule has 0 aliphatic carbocycles. The Kier molecular flexibility index (Phi) is 7.43. The van der Waals surface area contributed by atoms with E-state index < -0.39 is 11.7 Å². The van der Waals surface area contributed by atoms with Crippen LogP contribution < -0.4 is 5.73 Å². The summed E-state index contributed by atoms with van der Waals surface area (Å²) in [5.41, 5.74) is 7.32. The maximum atomic E-state index is 12.3. The topological polar surface area (TPSA) is 26.0 Å². The summed E-state index contributed by atoms with van der Waals surface area (Å²) in [6.45, 7) is 4.04. The third kappa shape index (κ3) is 6.10. The van der Waals surface area contributed by atoms with Gasteiger partial charge in [-0.2, -0.15) is 13.2 Å². The first-order chi connectivity index (χ1) is 12.8. The number of alkyl halides is 3. The maximum Gasteiger partial charge on any atom is 0.416 e. The standard InChI is InChI=1S/C12H13N.C11H13F3/c1-9(13)11-8-4-6-10-5-2-3-7-12(10)11;1-2-3-5-9-6-4-7-10(8-9)11(12,13)14/h2-9H,13H2,1H3;4,6-8H,2-3,5H2,1H3/t9-;/m1./s1. The molecule has 0 radical (unpaired) electrons. The van der Waals surface area contributed by atoms with E-state index in [9.17, 15) is 13.2 Å². The van der Waals surface area contributed by atoms with Crippen molar-refractivity contribution in [3.05, 3.63) is 83.4 Å². The van der Waals surface area contributed by atoms with Crippen LogP contribution in [0.3, 0.4) is 0 Å². The lowest BCUT2D eigenvalue weighted by Crippen LogP contribution is -2.05. The van der Waals surface area contributed by atoms with Crippen molar-refractivity contribution in [1.29, 1.82) is 0 Å². The van der Waals surface area contributed by atoms with Crippen molar-refractivity contribution < 1.29 is 13.2 Å². The van der Waals surface area contributed by atoms with Crippen molar-refractivity contribution in [2.24, 2.45) is 5.73 Å². The molecule has 1 nitrogen and oxygen atoms in total. The average Bonchev–Trinajstić information content (AvgIpc) is 2.66. The van der Waals surface area contributed by atoms with Gasteiger partial charge in [0.2, 0.25) is 0 Å². The molecule has 144 valence electrons. The van der Waals surface area contributed by atoms with E-state index in [1.165, 1.54) is 28.5 Å². The summed E-state index contributed by atoms with van der Waals surface area (Å²) in [4.78, 5) is 0. The number of aryl methyl sites for hydroxylation is 1. The van der Waals surface area contributed by atoms with E-state index in [2.05, 4.69) is 30.3 Å². The lowest BCUT2D eigenvalue weighted by molar-refractivity contribution is -0.137. The van der Waals surface area contributed by atoms with Crippen LogP contribution in [0, 0.1) is 0 Å². The fourth-order valence-corrected chi connectivity index (χ4v) is 2.93. The van der Waals surface area contributed by atoms with Crippen LogP contribution in [-0.4, -0.2) is 0 Å². The summed E-state index contributed by atoms with van der Waals surface area (Å²) in [6, 6.07) is 20.2. The lowest BCUT2D eigenvalue weighted by atomic mass is 10.0. The van der Waals surface area contributed by atoms with Crippen LogP contribution in [0.2, 0.25) is 0 Å². The summed E-state index contributed by atoms with van der Waals surface area (Å²) in [7, 11) is 0. The minimum atomic E-state index is -4.22. The zero-order chi connectivity index (χ0) is 19.9. The number of rotatable bonds is 4. The number of fused-ring (bicyclic) bond motifs is 1. The normalized spacial score (nSPS) is 12.4. The van der Waals surface area contributed by atoms with Crippen molar-refractivity contribution in [2.45, 2.75) is 45.3 Å². The predicted molar refractivity (Wildman–Crippen MR) is 107 cm³/mol. The van der Waals surface area contributed by atoms with Gasteiger partial charge in [-0.05, 0) is 47.7 Å². The minimum absolute atomic E-state index is 0.103. The molecule has 0 fully saturated rings. The van der Waals surface area contributed by atoms with Crippen LogP contribution in [0.4, 0.5) is 13.2 Å². The molecule has 0 heterocycles. The van der Waals surface area contributed by atoms with Crippen LogP contribution in [0.1, 0.15) is 49.4 Å². The monoisotopic (exact) mass is 373 g/mol. The van der Waals surface area contributed by atoms with E-state index in [4.69, 9.17) is 5.73 Å². The maximum absolute atomic E-state index is 12.3. The Hall–Kier alpha value is -2.33. The Morgan fingerprint density at radius 2 is 1.59 bits per heavy atom. The van der Waals surface area contributed by atoms with Crippen LogP contribution in [0.5, 0.6) is 0 Å². The molecule has 3 rings (SSSR count). The summed E-state index contributed by atoms with van der Waals surface area (Å²) in [6.07, 6.45) is -1.57. The van der Waals surface area contributed by atoms with E-state index in [0.29, 0.717) is 0 Å². The van der Waals surface area contributed by atoms with Crippen LogP contribution in [0.25, 0.3) is 10.8 Å². The smallest absolute Gasteiger partial charge is 0.324 e. The average molecular weight is 373 g/mol. The van der Waals surface area contributed by atoms with Crippen LogP contribution >= 0.6 is 0 Å². The number of hydrogen-bond acceptors (Lipinski definition) is 1. The van der Waals surface area contributed by atoms with Gasteiger partial charge in [-0.25, -0.2) is 0 Å². The Bertz CT molecular complexity index is 848. The number of nitrogens with two attached hydrogens (primary N) is 1. The molecule has 0 aromatic heterocycles. The first-order valence-corrected chi connectivity index (χ1v) is 9.22. The SMILES string of the molecule is CCCCc1cccc(C(F)(F)F)c1.C[C@@H](N)c1cccc2ccccc12. The molecule has 27 heavy (non-hydrogen) atoms. The van der Waals surface area contributed by atoms with Crippen molar-refractivity contribution in [2.75, 3.05) is 0 Å². The van der Waals surface area contributed by atoms with Gasteiger partial charge in [0.15, 0.2) is 0 Å². The summed E-state index contributed by atoms with van der Waals surface area (Å²) >= 11 is 0. The lowest BCUT2D eigenvalue weighted by Gasteiger charge is -2.09. The molecule has 0 spiro atoms. The van der Waals surface area contributed by atoms with Gasteiger partial charge >= 0.3 is 6.18 Å². The molecule has 0 unspecified atom stereocenters. The molecule has 4 heteroatoms. The molecule has 0 bridgehead atoms. The molecule has 0 amide bonds. The molecule has 1 atom stereocenters. The molecule has 0 aliphatic rings. The Morgan fingerprint density at radius 1 is 0.926 bits per heavy atom. The molecule has 0 saturated carbocycles. The van der Waals surface area contributed by atoms with Gasteiger partial charge in [0, 0.05) is 6.04 Å². The number of benzene rings is 3. The van der Waals surface area contributed by atoms with Crippen molar-refractivity contribution in [3.63, 3.8) is 0 Å². The Morgan fingerprint density at radius 3 is 2.26 bits per heavy atom. The van der Waals surface area contributed by atoms with E-state index in [1.54, 1.807) is 6.07 Å². The van der Waals surface area contributed by atoms with E-state index in [1.807, 2.05) is 26.0 Å². The Labute approximate surface area is 159 Å². The van der Waals surface area contributed by atoms with Crippen molar-refractivity contribution in [3.8, 4) is 0 Å². The predicted octanol–water partition coefficient (Wildman–Crippen LogP) is 6.91. The molecular weight excluding hydrogens is 347 g/mol. The van der Waals surface area contributed by atoms with Crippen LogP contribution in [-0.2, 0) is 12.6 Å². The fraction of sp³-hybridized carbons (Fsp3) is 0.304. The number of hydrogen-bond donors (Lipinski definition) is 1. The second kappa shape index (κ2) is 9.56. The second-order valence-electron chi connectivity index (χ2n) is 6.66. The van der Waals surface area contributed by atoms with E-state index >= 15 is 0 Å². The molecular formula is C23H26F3N. The second-order valence-corrected chi connectivity index (χ2v) is 6.66. The highest BCUT2D eigenvalue weighted by molar-refractivity contribution is 5.85. The first-order valence-electron chi connectivity index (χ1n) is 9.22. The summed E-state index contributed by atoms with van der Waals surface area (Å²) < 4.78 is 36.9. The minimum Gasteiger partial charge on any atom is -0.324 e. The van der Waals surface area contributed by atoms with Gasteiger partial charge in [0.25, 0.3) is 0 Å². The van der Waals surface area contributed by atoms with Crippen molar-refractivity contribution >= 4 is 10.8 Å². The van der Waals surface area contributed by atoms with Crippen LogP contribution in [0.15, 0.2) is 66.7 Å². The van der Waals surface area contributed by atoms with Gasteiger partial charge in [0.1, 0.15) is 0 Å². The van der Waals surface area contributed by atoms with E-state index in [0.717, 1.165) is 30.9 Å². The highest BCUT2D eigenvalue weighted by Crippen LogP contribution is 2.29. The molecule has 0 saturated heterocycles. The number of halogens is 3. The van der Waals surface area contributed by atoms with Gasteiger partial charge in [-0.15, -0.1) is 0 Å². The quantitative estimate of drug-likeness (QED) is 0.528. The first kappa shape index (κ1) is 21.0. The molecule has 0 aliphatic heterocycles. The Balaban J connectivity index is 0.000000194. The van der Waals surface area contributed by atoms with Gasteiger partial charge in [-0.1, -0.05) is 74.0 Å². The van der Waals surface area contributed by atoms with Gasteiger partial charge in [-0.3, -0.25) is 0 Å². The molecule has 3 aromatic carbocycles. The highest BCUT2D eigenvalue weighted by Gasteiger charge is 2.30.